The number of hydrogen-bond acceptors (Lipinski definition) is 3. The Morgan fingerprint density at radius 1 is 1.38 bits per heavy atom. The van der Waals surface area contributed by atoms with Crippen molar-refractivity contribution >= 4 is 16.8 Å². The first-order valence-corrected chi connectivity index (χ1v) is 5.11. The number of carbonyl (C=O) groups excluding carboxylic acids is 1. The molecule has 2 aromatic rings. The molecule has 16 heavy (non-hydrogen) atoms. The second-order valence-electron chi connectivity index (χ2n) is 3.75. The molecule has 4 nitrogen and oxygen atoms in total. The van der Waals surface area contributed by atoms with E-state index in [-0.39, 0.29) is 0 Å². The number of nitrogens with zero attached hydrogens (tertiary/aromatic N) is 1. The highest BCUT2D eigenvalue weighted by Crippen LogP contribution is 2.31. The number of rotatable bonds is 1. The van der Waals surface area contributed by atoms with Crippen LogP contribution in [0.25, 0.3) is 10.9 Å². The van der Waals surface area contributed by atoms with E-state index in [2.05, 4.69) is 4.98 Å². The van der Waals surface area contributed by atoms with Crippen molar-refractivity contribution in [2.45, 2.75) is 6.42 Å². The summed E-state index contributed by atoms with van der Waals surface area (Å²) in [5.41, 5.74) is 7.57. The summed E-state index contributed by atoms with van der Waals surface area (Å²) in [6.45, 7) is 0.568. The fraction of sp³-hybridized carbons (Fsp3) is 0.167. The lowest BCUT2D eigenvalue weighted by atomic mass is 10.0. The number of hydrogen-bond donors (Lipinski definition) is 1. The molecule has 0 spiro atoms. The number of para-hydroxylation sites is 1. The number of nitrogens with two attached hydrogens (primary N) is 1. The Balaban J connectivity index is 2.45. The third-order valence-corrected chi connectivity index (χ3v) is 2.79. The zero-order valence-corrected chi connectivity index (χ0v) is 8.56. The smallest absolute Gasteiger partial charge is 0.249 e. The number of pyridine rings is 1. The summed E-state index contributed by atoms with van der Waals surface area (Å²) in [5.74, 6) is 0.132. The van der Waals surface area contributed by atoms with Crippen LogP contribution < -0.4 is 10.5 Å². The number of ether oxygens (including phenoxy) is 1. The molecule has 3 rings (SSSR count). The zero-order valence-electron chi connectivity index (χ0n) is 8.56. The Bertz CT molecular complexity index is 593. The summed E-state index contributed by atoms with van der Waals surface area (Å²) in [7, 11) is 0. The number of amides is 1. The van der Waals surface area contributed by atoms with Gasteiger partial charge < -0.3 is 10.5 Å². The minimum absolute atomic E-state index is 0.416. The quantitative estimate of drug-likeness (QED) is 0.777. The fourth-order valence-electron chi connectivity index (χ4n) is 2.11. The Hall–Kier alpha value is -2.10. The Labute approximate surface area is 92.0 Å². The predicted molar refractivity (Wildman–Crippen MR) is 59.5 cm³/mol. The zero-order chi connectivity index (χ0) is 11.1. The molecule has 0 fully saturated rings. The lowest BCUT2D eigenvalue weighted by molar-refractivity contribution is 0.100. The molecule has 0 unspecified atom stereocenters. The molecule has 1 amide bonds. The lowest BCUT2D eigenvalue weighted by Gasteiger charge is -2.07. The number of benzene rings is 1. The molecule has 1 aliphatic heterocycles. The van der Waals surface area contributed by atoms with E-state index in [1.165, 1.54) is 0 Å². The van der Waals surface area contributed by atoms with Crippen LogP contribution in [0.2, 0.25) is 0 Å². The Morgan fingerprint density at radius 2 is 2.19 bits per heavy atom. The van der Waals surface area contributed by atoms with Gasteiger partial charge in [0.2, 0.25) is 11.8 Å². The van der Waals surface area contributed by atoms with E-state index in [4.69, 9.17) is 10.5 Å². The van der Waals surface area contributed by atoms with Crippen LogP contribution in [0.1, 0.15) is 15.9 Å². The van der Waals surface area contributed by atoms with Gasteiger partial charge in [0.05, 0.1) is 17.7 Å². The van der Waals surface area contributed by atoms with Crippen molar-refractivity contribution in [1.82, 2.24) is 4.98 Å². The van der Waals surface area contributed by atoms with E-state index in [0.29, 0.717) is 24.5 Å². The molecule has 0 saturated carbocycles. The van der Waals surface area contributed by atoms with Crippen LogP contribution in [0.4, 0.5) is 0 Å². The van der Waals surface area contributed by atoms with Crippen molar-refractivity contribution < 1.29 is 9.53 Å². The predicted octanol–water partition coefficient (Wildman–Crippen LogP) is 1.27. The average Bonchev–Trinajstić information content (AvgIpc) is 2.72. The summed E-state index contributed by atoms with van der Waals surface area (Å²) >= 11 is 0. The van der Waals surface area contributed by atoms with Gasteiger partial charge in [-0.3, -0.25) is 4.79 Å². The van der Waals surface area contributed by atoms with Crippen LogP contribution in [-0.2, 0) is 6.42 Å². The molecule has 2 N–H and O–H groups in total. The molecule has 0 aliphatic carbocycles. The fourth-order valence-corrected chi connectivity index (χ4v) is 2.11. The maximum atomic E-state index is 11.5. The second kappa shape index (κ2) is 3.20. The van der Waals surface area contributed by atoms with Gasteiger partial charge in [-0.2, -0.15) is 0 Å². The maximum Gasteiger partial charge on any atom is 0.249 e. The molecule has 0 radical (unpaired) electrons. The van der Waals surface area contributed by atoms with Crippen molar-refractivity contribution in [2.24, 2.45) is 5.73 Å². The maximum absolute atomic E-state index is 11.5. The molecule has 1 aromatic heterocycles. The summed E-state index contributed by atoms with van der Waals surface area (Å²) < 4.78 is 5.38. The van der Waals surface area contributed by atoms with Gasteiger partial charge in [-0.15, -0.1) is 0 Å². The van der Waals surface area contributed by atoms with Gasteiger partial charge in [0, 0.05) is 17.4 Å². The van der Waals surface area contributed by atoms with Gasteiger partial charge in [-0.05, 0) is 6.07 Å². The molecule has 0 bridgehead atoms. The number of primary amides is 1. The van der Waals surface area contributed by atoms with Crippen molar-refractivity contribution in [3.8, 4) is 5.88 Å². The van der Waals surface area contributed by atoms with E-state index < -0.39 is 5.91 Å². The van der Waals surface area contributed by atoms with Gasteiger partial charge in [0.15, 0.2) is 0 Å². The summed E-state index contributed by atoms with van der Waals surface area (Å²) in [6.07, 6.45) is 0.700. The van der Waals surface area contributed by atoms with E-state index in [9.17, 15) is 4.79 Å². The van der Waals surface area contributed by atoms with Crippen LogP contribution in [0.3, 0.4) is 0 Å². The SMILES string of the molecule is NC(=O)c1c2c(nc3ccccc13)OCC2. The van der Waals surface area contributed by atoms with Crippen LogP contribution in [0.15, 0.2) is 24.3 Å². The van der Waals surface area contributed by atoms with Gasteiger partial charge in [0.1, 0.15) is 0 Å². The Morgan fingerprint density at radius 3 is 3.00 bits per heavy atom. The molecule has 1 aromatic carbocycles. The first-order chi connectivity index (χ1) is 7.77. The second-order valence-corrected chi connectivity index (χ2v) is 3.75. The molecule has 0 saturated heterocycles. The molecule has 0 atom stereocenters. The minimum atomic E-state index is -0.416. The average molecular weight is 214 g/mol. The highest BCUT2D eigenvalue weighted by Gasteiger charge is 2.23. The van der Waals surface area contributed by atoms with Crippen LogP contribution in [-0.4, -0.2) is 17.5 Å². The first-order valence-electron chi connectivity index (χ1n) is 5.11. The molecule has 1 aliphatic rings. The van der Waals surface area contributed by atoms with Crippen LogP contribution in [0, 0.1) is 0 Å². The van der Waals surface area contributed by atoms with Gasteiger partial charge >= 0.3 is 0 Å². The Kier molecular flexibility index (Phi) is 1.83. The largest absolute Gasteiger partial charge is 0.477 e. The standard InChI is InChI=1S/C12H10N2O2/c13-11(15)10-7-3-1-2-4-9(7)14-12-8(10)5-6-16-12/h1-4H,5-6H2,(H2,13,15). The monoisotopic (exact) mass is 214 g/mol. The molecular weight excluding hydrogens is 204 g/mol. The minimum Gasteiger partial charge on any atom is -0.477 e. The van der Waals surface area contributed by atoms with Crippen LogP contribution in [0.5, 0.6) is 5.88 Å². The third-order valence-electron chi connectivity index (χ3n) is 2.79. The first kappa shape index (κ1) is 9.15. The van der Waals surface area contributed by atoms with E-state index in [0.717, 1.165) is 16.5 Å². The van der Waals surface area contributed by atoms with E-state index >= 15 is 0 Å². The number of aromatic nitrogens is 1. The van der Waals surface area contributed by atoms with Crippen LogP contribution >= 0.6 is 0 Å². The summed E-state index contributed by atoms with van der Waals surface area (Å²) in [4.78, 5) is 15.9. The van der Waals surface area contributed by atoms with Crippen molar-refractivity contribution in [1.29, 1.82) is 0 Å². The van der Waals surface area contributed by atoms with Crippen molar-refractivity contribution in [3.63, 3.8) is 0 Å². The molecule has 4 heteroatoms. The van der Waals surface area contributed by atoms with Crippen molar-refractivity contribution in [2.75, 3.05) is 6.61 Å². The van der Waals surface area contributed by atoms with E-state index in [1.807, 2.05) is 24.3 Å². The number of fused-ring (bicyclic) bond motifs is 2. The highest BCUT2D eigenvalue weighted by atomic mass is 16.5. The summed E-state index contributed by atoms with van der Waals surface area (Å²) in [6, 6.07) is 7.46. The molecular formula is C12H10N2O2. The van der Waals surface area contributed by atoms with Gasteiger partial charge in [-0.1, -0.05) is 18.2 Å². The summed E-state index contributed by atoms with van der Waals surface area (Å²) in [5, 5.41) is 0.805. The highest BCUT2D eigenvalue weighted by molar-refractivity contribution is 6.07. The third kappa shape index (κ3) is 1.16. The van der Waals surface area contributed by atoms with Gasteiger partial charge in [-0.25, -0.2) is 4.98 Å². The van der Waals surface area contributed by atoms with Gasteiger partial charge in [0.25, 0.3) is 0 Å². The topological polar surface area (TPSA) is 65.2 Å². The lowest BCUT2D eigenvalue weighted by Crippen LogP contribution is -2.14. The van der Waals surface area contributed by atoms with Crippen molar-refractivity contribution in [3.05, 3.63) is 35.4 Å². The normalized spacial score (nSPS) is 13.5. The number of carbonyl (C=O) groups is 1. The molecule has 2 heterocycles. The molecule has 80 valence electrons. The van der Waals surface area contributed by atoms with E-state index in [1.54, 1.807) is 0 Å².